The molecule has 0 radical (unpaired) electrons. The summed E-state index contributed by atoms with van der Waals surface area (Å²) in [5, 5.41) is 19.2. The Balaban J connectivity index is 1.90. The van der Waals surface area contributed by atoms with E-state index in [-0.39, 0.29) is 29.0 Å². The number of benzene rings is 1. The Bertz CT molecular complexity index is 1360. The third kappa shape index (κ3) is 3.81. The molecule has 1 aromatic carbocycles. The maximum Gasteiger partial charge on any atom is 0.348 e. The van der Waals surface area contributed by atoms with Crippen molar-refractivity contribution < 1.29 is 14.5 Å². The molecule has 0 aliphatic heterocycles. The Morgan fingerprint density at radius 3 is 2.84 bits per heavy atom. The van der Waals surface area contributed by atoms with Gasteiger partial charge < -0.3 is 10.1 Å². The summed E-state index contributed by atoms with van der Waals surface area (Å²) in [5.74, 6) is -0.396. The first-order valence-corrected chi connectivity index (χ1v) is 9.82. The van der Waals surface area contributed by atoms with Gasteiger partial charge in [0.2, 0.25) is 11.0 Å². The van der Waals surface area contributed by atoms with Crippen LogP contribution in [0, 0.1) is 17.0 Å². The molecule has 32 heavy (non-hydrogen) atoms. The number of aromatic nitrogens is 5. The van der Waals surface area contributed by atoms with E-state index in [1.165, 1.54) is 10.9 Å². The zero-order chi connectivity index (χ0) is 22.8. The van der Waals surface area contributed by atoms with E-state index >= 15 is 0 Å². The van der Waals surface area contributed by atoms with E-state index in [1.807, 2.05) is 31.2 Å². The number of nitrogens with one attached hydrogen (secondary N) is 1. The first-order valence-electron chi connectivity index (χ1n) is 9.44. The highest BCUT2D eigenvalue weighted by molar-refractivity contribution is 6.31. The van der Waals surface area contributed by atoms with Crippen molar-refractivity contribution in [1.82, 2.24) is 24.7 Å². The Labute approximate surface area is 186 Å². The average molecular weight is 454 g/mol. The predicted molar refractivity (Wildman–Crippen MR) is 117 cm³/mol. The molecule has 3 heterocycles. The number of rotatable bonds is 6. The monoisotopic (exact) mass is 453 g/mol. The zero-order valence-electron chi connectivity index (χ0n) is 16.9. The fourth-order valence-corrected chi connectivity index (χ4v) is 3.37. The van der Waals surface area contributed by atoms with Crippen LogP contribution in [-0.2, 0) is 4.74 Å². The molecule has 4 rings (SSSR count). The van der Waals surface area contributed by atoms with Gasteiger partial charge in [-0.25, -0.2) is 19.7 Å². The minimum absolute atomic E-state index is 0.0449. The van der Waals surface area contributed by atoms with Crippen molar-refractivity contribution in [3.05, 3.63) is 69.3 Å². The number of hydrogen-bond acceptors (Lipinski definition) is 9. The van der Waals surface area contributed by atoms with E-state index in [9.17, 15) is 14.9 Å². The summed E-state index contributed by atoms with van der Waals surface area (Å²) in [7, 11) is 0. The molecule has 0 atom stereocenters. The Hall–Kier alpha value is -4.12. The van der Waals surface area contributed by atoms with Gasteiger partial charge in [0.25, 0.3) is 0 Å². The number of anilines is 2. The molecule has 0 spiro atoms. The number of nitrogens with zero attached hydrogens (tertiary/aromatic N) is 6. The number of para-hydroxylation sites is 1. The van der Waals surface area contributed by atoms with Crippen LogP contribution >= 0.6 is 11.6 Å². The van der Waals surface area contributed by atoms with Crippen LogP contribution in [0.25, 0.3) is 16.7 Å². The molecular weight excluding hydrogens is 438 g/mol. The number of esters is 1. The van der Waals surface area contributed by atoms with Crippen molar-refractivity contribution in [1.29, 1.82) is 0 Å². The standard InChI is InChI=1S/C20H16ClN7O4/c1-3-32-20(29)13-9-24-27(15-8-11(2)12-6-4-5-7-14(12)25-15)19(13)26-18-16(28(30)31)17(21)22-10-23-18/h4-10H,3H2,1-2H3,(H,22,23,26). The second-order valence-electron chi connectivity index (χ2n) is 6.60. The molecule has 0 bridgehead atoms. The van der Waals surface area contributed by atoms with E-state index < -0.39 is 16.6 Å². The summed E-state index contributed by atoms with van der Waals surface area (Å²) >= 11 is 5.90. The van der Waals surface area contributed by atoms with Crippen LogP contribution in [0.1, 0.15) is 22.8 Å². The van der Waals surface area contributed by atoms with E-state index in [0.29, 0.717) is 5.82 Å². The van der Waals surface area contributed by atoms with Crippen LogP contribution in [0.3, 0.4) is 0 Å². The molecule has 1 N–H and O–H groups in total. The Morgan fingerprint density at radius 1 is 1.31 bits per heavy atom. The van der Waals surface area contributed by atoms with Crippen molar-refractivity contribution in [3.63, 3.8) is 0 Å². The van der Waals surface area contributed by atoms with Gasteiger partial charge >= 0.3 is 11.7 Å². The molecule has 12 heteroatoms. The number of carbonyl (C=O) groups excluding carboxylic acids is 1. The smallest absolute Gasteiger partial charge is 0.348 e. The highest BCUT2D eigenvalue weighted by atomic mass is 35.5. The number of hydrogen-bond donors (Lipinski definition) is 1. The topological polar surface area (TPSA) is 138 Å². The lowest BCUT2D eigenvalue weighted by atomic mass is 10.1. The van der Waals surface area contributed by atoms with E-state index in [1.54, 1.807) is 13.0 Å². The quantitative estimate of drug-likeness (QED) is 0.198. The normalized spacial score (nSPS) is 10.8. The maximum atomic E-state index is 12.5. The number of nitro groups is 1. The second-order valence-corrected chi connectivity index (χ2v) is 6.96. The largest absolute Gasteiger partial charge is 0.462 e. The van der Waals surface area contributed by atoms with Crippen LogP contribution in [0.15, 0.2) is 42.9 Å². The highest BCUT2D eigenvalue weighted by Gasteiger charge is 2.27. The van der Waals surface area contributed by atoms with E-state index in [4.69, 9.17) is 16.3 Å². The number of ether oxygens (including phenoxy) is 1. The summed E-state index contributed by atoms with van der Waals surface area (Å²) < 4.78 is 6.46. The van der Waals surface area contributed by atoms with Crippen LogP contribution < -0.4 is 5.32 Å². The summed E-state index contributed by atoms with van der Waals surface area (Å²) in [5.41, 5.74) is 1.15. The highest BCUT2D eigenvalue weighted by Crippen LogP contribution is 2.33. The SMILES string of the molecule is CCOC(=O)c1cnn(-c2cc(C)c3ccccc3n2)c1Nc1ncnc(Cl)c1[N+](=O)[O-]. The van der Waals surface area contributed by atoms with Crippen LogP contribution in [0.2, 0.25) is 5.15 Å². The lowest BCUT2D eigenvalue weighted by Gasteiger charge is -2.12. The van der Waals surface area contributed by atoms with Crippen LogP contribution in [0.4, 0.5) is 17.3 Å². The molecule has 0 saturated carbocycles. The van der Waals surface area contributed by atoms with E-state index in [2.05, 4.69) is 25.4 Å². The third-order valence-electron chi connectivity index (χ3n) is 4.59. The first-order chi connectivity index (χ1) is 15.4. The maximum absolute atomic E-state index is 12.5. The molecule has 3 aromatic heterocycles. The minimum atomic E-state index is -0.714. The van der Waals surface area contributed by atoms with Crippen molar-refractivity contribution in [2.45, 2.75) is 13.8 Å². The number of fused-ring (bicyclic) bond motifs is 1. The van der Waals surface area contributed by atoms with E-state index in [0.717, 1.165) is 22.8 Å². The van der Waals surface area contributed by atoms with Crippen molar-refractivity contribution in [2.75, 3.05) is 11.9 Å². The summed E-state index contributed by atoms with van der Waals surface area (Å²) in [4.78, 5) is 35.5. The molecule has 0 aliphatic rings. The number of pyridine rings is 1. The summed E-state index contributed by atoms with van der Waals surface area (Å²) in [6, 6.07) is 9.35. The molecular formula is C20H16ClN7O4. The third-order valence-corrected chi connectivity index (χ3v) is 4.86. The zero-order valence-corrected chi connectivity index (χ0v) is 17.7. The van der Waals surface area contributed by atoms with Gasteiger partial charge in [-0.3, -0.25) is 10.1 Å². The van der Waals surface area contributed by atoms with Gasteiger partial charge in [0.05, 0.1) is 23.2 Å². The molecule has 162 valence electrons. The van der Waals surface area contributed by atoms with Crippen LogP contribution in [0.5, 0.6) is 0 Å². The molecule has 0 fully saturated rings. The van der Waals surface area contributed by atoms with Gasteiger partial charge in [-0.2, -0.15) is 9.78 Å². The summed E-state index contributed by atoms with van der Waals surface area (Å²) in [6.45, 7) is 3.72. The first kappa shape index (κ1) is 21.1. The van der Waals surface area contributed by atoms with Gasteiger partial charge in [-0.1, -0.05) is 29.8 Å². The lowest BCUT2D eigenvalue weighted by molar-refractivity contribution is -0.384. The Morgan fingerprint density at radius 2 is 2.09 bits per heavy atom. The van der Waals surface area contributed by atoms with Gasteiger partial charge in [-0.15, -0.1) is 0 Å². The summed E-state index contributed by atoms with van der Waals surface area (Å²) in [6.07, 6.45) is 2.36. The van der Waals surface area contributed by atoms with Crippen molar-refractivity contribution in [3.8, 4) is 5.82 Å². The number of halogens is 1. The fraction of sp³-hybridized carbons (Fsp3) is 0.150. The lowest BCUT2D eigenvalue weighted by Crippen LogP contribution is -2.12. The number of carbonyl (C=O) groups is 1. The molecule has 0 amide bonds. The van der Waals surface area contributed by atoms with Gasteiger partial charge in [-0.05, 0) is 31.5 Å². The molecule has 11 nitrogen and oxygen atoms in total. The fourth-order valence-electron chi connectivity index (χ4n) is 3.16. The second kappa shape index (κ2) is 8.55. The predicted octanol–water partition coefficient (Wildman–Crippen LogP) is 4.00. The molecule has 4 aromatic rings. The number of aryl methyl sites for hydroxylation is 1. The van der Waals surface area contributed by atoms with Gasteiger partial charge in [0.1, 0.15) is 11.9 Å². The molecule has 0 aliphatic carbocycles. The molecule has 0 saturated heterocycles. The van der Waals surface area contributed by atoms with Crippen molar-refractivity contribution in [2.24, 2.45) is 0 Å². The molecule has 0 unspecified atom stereocenters. The van der Waals surface area contributed by atoms with Gasteiger partial charge in [0, 0.05) is 5.39 Å². The minimum Gasteiger partial charge on any atom is -0.462 e. The average Bonchev–Trinajstić information content (AvgIpc) is 3.17. The van der Waals surface area contributed by atoms with Crippen molar-refractivity contribution >= 4 is 45.8 Å². The van der Waals surface area contributed by atoms with Gasteiger partial charge in [0.15, 0.2) is 11.6 Å². The Kier molecular flexibility index (Phi) is 5.65. The van der Waals surface area contributed by atoms with Crippen LogP contribution in [-0.4, -0.2) is 42.2 Å².